The number of hydrogen-bond donors (Lipinski definition) is 2. The maximum absolute atomic E-state index is 12.6. The minimum atomic E-state index is -0.702. The topological polar surface area (TPSA) is 112 Å². The number of imidazole rings is 1. The molecule has 0 aliphatic heterocycles. The molecule has 0 radical (unpaired) electrons. The monoisotopic (exact) mass is 491 g/mol. The number of benzene rings is 3. The van der Waals surface area contributed by atoms with E-state index >= 15 is 0 Å². The largest absolute Gasteiger partial charge is 0.441 e. The van der Waals surface area contributed by atoms with E-state index in [1.54, 1.807) is 30.5 Å². The Morgan fingerprint density at radius 1 is 1.03 bits per heavy atom. The van der Waals surface area contributed by atoms with Gasteiger partial charge in [-0.1, -0.05) is 67.6 Å². The molecule has 2 heterocycles. The van der Waals surface area contributed by atoms with Crippen molar-refractivity contribution >= 4 is 39.7 Å². The summed E-state index contributed by atoms with van der Waals surface area (Å²) in [4.78, 5) is 34.2. The summed E-state index contributed by atoms with van der Waals surface area (Å²) >= 11 is 0. The minimum absolute atomic E-state index is 0.0210. The Labute approximate surface area is 213 Å². The highest BCUT2D eigenvalue weighted by atomic mass is 16.5. The number of carbonyl (C=O) groups is 2. The lowest BCUT2D eigenvalue weighted by atomic mass is 10.00. The van der Waals surface area contributed by atoms with E-state index in [0.29, 0.717) is 17.1 Å². The van der Waals surface area contributed by atoms with Gasteiger partial charge in [-0.25, -0.2) is 14.8 Å². The second-order valence-corrected chi connectivity index (χ2v) is 9.57. The third-order valence-electron chi connectivity index (χ3n) is 6.97. The number of ketones is 1. The Hall–Kier alpha value is -4.72. The molecular formula is C29H25N5O3. The number of aromatic nitrogens is 3. The summed E-state index contributed by atoms with van der Waals surface area (Å²) in [7, 11) is 0. The summed E-state index contributed by atoms with van der Waals surface area (Å²) in [6.07, 6.45) is 5.05. The third-order valence-corrected chi connectivity index (χ3v) is 6.97. The van der Waals surface area contributed by atoms with Gasteiger partial charge in [0.15, 0.2) is 12.4 Å². The second-order valence-electron chi connectivity index (χ2n) is 9.57. The first kappa shape index (κ1) is 22.7. The van der Waals surface area contributed by atoms with Gasteiger partial charge in [0.05, 0.1) is 5.69 Å². The average Bonchev–Trinajstić information content (AvgIpc) is 3.54. The Morgan fingerprint density at radius 3 is 2.51 bits per heavy atom. The molecule has 3 aromatic carbocycles. The summed E-state index contributed by atoms with van der Waals surface area (Å²) in [5, 5.41) is 4.50. The van der Waals surface area contributed by atoms with E-state index in [1.165, 1.54) is 0 Å². The normalized spacial score (nSPS) is 14.0. The number of ether oxygens (including phenoxy) is 1. The molecule has 3 N–H and O–H groups in total. The van der Waals surface area contributed by atoms with Crippen molar-refractivity contribution < 1.29 is 14.3 Å². The zero-order valence-corrected chi connectivity index (χ0v) is 20.3. The predicted molar refractivity (Wildman–Crippen MR) is 143 cm³/mol. The summed E-state index contributed by atoms with van der Waals surface area (Å²) in [6.45, 7) is 1.86. The first-order valence-corrected chi connectivity index (χ1v) is 12.1. The molecule has 1 amide bonds. The van der Waals surface area contributed by atoms with Crippen LogP contribution in [0.25, 0.3) is 27.5 Å². The summed E-state index contributed by atoms with van der Waals surface area (Å²) < 4.78 is 7.26. The van der Waals surface area contributed by atoms with Crippen molar-refractivity contribution in [1.82, 2.24) is 14.4 Å². The molecule has 184 valence electrons. The zero-order chi connectivity index (χ0) is 25.6. The first-order chi connectivity index (χ1) is 17.9. The van der Waals surface area contributed by atoms with Gasteiger partial charge in [-0.15, -0.1) is 0 Å². The van der Waals surface area contributed by atoms with E-state index in [2.05, 4.69) is 17.2 Å². The van der Waals surface area contributed by atoms with Crippen LogP contribution in [0.2, 0.25) is 0 Å². The van der Waals surface area contributed by atoms with Crippen LogP contribution in [0.5, 0.6) is 0 Å². The molecule has 5 aromatic rings. The van der Waals surface area contributed by atoms with Gasteiger partial charge in [-0.05, 0) is 24.3 Å². The summed E-state index contributed by atoms with van der Waals surface area (Å²) in [5.41, 5.74) is 9.84. The Morgan fingerprint density at radius 2 is 1.76 bits per heavy atom. The molecule has 6 rings (SSSR count). The van der Waals surface area contributed by atoms with Crippen LogP contribution < -0.4 is 11.1 Å². The van der Waals surface area contributed by atoms with Crippen LogP contribution >= 0.6 is 0 Å². The number of rotatable bonds is 6. The van der Waals surface area contributed by atoms with Crippen molar-refractivity contribution in [2.75, 3.05) is 17.7 Å². The molecule has 0 atom stereocenters. The van der Waals surface area contributed by atoms with Gasteiger partial charge in [-0.3, -0.25) is 14.5 Å². The second kappa shape index (κ2) is 8.74. The zero-order valence-electron chi connectivity index (χ0n) is 20.3. The van der Waals surface area contributed by atoms with Crippen molar-refractivity contribution in [3.05, 3.63) is 90.5 Å². The smallest absolute Gasteiger partial charge is 0.412 e. The molecular weight excluding hydrogens is 466 g/mol. The summed E-state index contributed by atoms with van der Waals surface area (Å²) in [5.74, 6) is 1.12. The van der Waals surface area contributed by atoms with Crippen LogP contribution in [-0.2, 0) is 10.2 Å². The fourth-order valence-corrected chi connectivity index (χ4v) is 4.69. The molecule has 0 bridgehead atoms. The van der Waals surface area contributed by atoms with Gasteiger partial charge >= 0.3 is 6.09 Å². The van der Waals surface area contributed by atoms with Crippen molar-refractivity contribution in [1.29, 1.82) is 0 Å². The minimum Gasteiger partial charge on any atom is -0.441 e. The van der Waals surface area contributed by atoms with Crippen LogP contribution in [0.15, 0.2) is 79.1 Å². The molecule has 8 nitrogen and oxygen atoms in total. The average molecular weight is 492 g/mol. The van der Waals surface area contributed by atoms with E-state index in [9.17, 15) is 9.59 Å². The van der Waals surface area contributed by atoms with Gasteiger partial charge < -0.3 is 10.5 Å². The fourth-order valence-electron chi connectivity index (χ4n) is 4.69. The van der Waals surface area contributed by atoms with E-state index in [1.807, 2.05) is 53.1 Å². The highest BCUT2D eigenvalue weighted by Crippen LogP contribution is 2.49. The van der Waals surface area contributed by atoms with E-state index in [-0.39, 0.29) is 17.8 Å². The quantitative estimate of drug-likeness (QED) is 0.299. The Kier molecular flexibility index (Phi) is 5.37. The summed E-state index contributed by atoms with van der Waals surface area (Å²) in [6, 6.07) is 20.2. The lowest BCUT2D eigenvalue weighted by Gasteiger charge is -2.12. The van der Waals surface area contributed by atoms with E-state index < -0.39 is 6.09 Å². The van der Waals surface area contributed by atoms with Crippen LogP contribution in [0.1, 0.15) is 35.9 Å². The fraction of sp³-hybridized carbons (Fsp3) is 0.172. The number of nitrogen functional groups attached to an aromatic ring is 1. The van der Waals surface area contributed by atoms with Crippen LogP contribution in [0.3, 0.4) is 0 Å². The van der Waals surface area contributed by atoms with Crippen LogP contribution in [0.4, 0.5) is 16.3 Å². The Bertz CT molecular complexity index is 1670. The lowest BCUT2D eigenvalue weighted by Crippen LogP contribution is -2.19. The van der Waals surface area contributed by atoms with Gasteiger partial charge in [0.1, 0.15) is 22.9 Å². The van der Waals surface area contributed by atoms with Crippen LogP contribution in [-0.4, -0.2) is 32.9 Å². The molecule has 2 aromatic heterocycles. The number of nitrogens with zero attached hydrogens (tertiary/aromatic N) is 3. The molecule has 0 spiro atoms. The number of Topliss-reactive ketones (excluding diaryl/α,β-unsaturated/α-hetero) is 1. The maximum Gasteiger partial charge on any atom is 0.412 e. The number of carbonyl (C=O) groups excluding carboxylic acids is 2. The molecule has 0 saturated heterocycles. The van der Waals surface area contributed by atoms with Crippen molar-refractivity contribution in [2.24, 2.45) is 0 Å². The molecule has 8 heteroatoms. The highest BCUT2D eigenvalue weighted by Gasteiger charge is 2.43. The van der Waals surface area contributed by atoms with Gasteiger partial charge in [0, 0.05) is 34.3 Å². The predicted octanol–water partition coefficient (Wildman–Crippen LogP) is 5.61. The molecule has 37 heavy (non-hydrogen) atoms. The van der Waals surface area contributed by atoms with Crippen molar-refractivity contribution in [3.8, 4) is 11.3 Å². The van der Waals surface area contributed by atoms with Crippen molar-refractivity contribution in [2.45, 2.75) is 25.2 Å². The van der Waals surface area contributed by atoms with Crippen LogP contribution in [0, 0.1) is 0 Å². The van der Waals surface area contributed by atoms with E-state index in [0.717, 1.165) is 46.2 Å². The number of anilines is 2. The molecule has 0 unspecified atom stereocenters. The number of nitrogens with two attached hydrogens (primary N) is 1. The number of hydrogen-bond acceptors (Lipinski definition) is 6. The molecule has 1 fully saturated rings. The Balaban J connectivity index is 1.34. The first-order valence-electron chi connectivity index (χ1n) is 12.1. The molecule has 1 aliphatic rings. The standard InChI is InChI=1S/C29H25N5O3/c1-29(13-14-29)27-33-24(25-26(30)31-15-16-34(25)27)21-11-12-22(20-10-6-5-9-19(20)21)32-28(36)37-17-23(35)18-7-3-2-4-8-18/h2-12,15-16H,13-14,17H2,1H3,(H2,30,31)(H,32,36). The van der Waals surface area contributed by atoms with Crippen molar-refractivity contribution in [3.63, 3.8) is 0 Å². The maximum atomic E-state index is 12.6. The number of fused-ring (bicyclic) bond motifs is 2. The van der Waals surface area contributed by atoms with Gasteiger partial charge in [0.2, 0.25) is 0 Å². The third kappa shape index (κ3) is 4.06. The molecule has 1 aliphatic carbocycles. The van der Waals surface area contributed by atoms with Gasteiger partial charge in [-0.2, -0.15) is 0 Å². The lowest BCUT2D eigenvalue weighted by molar-refractivity contribution is 0.0863. The SMILES string of the molecule is CC1(c2nc(-c3ccc(NC(=O)OCC(=O)c4ccccc4)c4ccccc34)c3c(N)nccn23)CC1. The number of nitrogens with one attached hydrogen (secondary N) is 1. The van der Waals surface area contributed by atoms with E-state index in [4.69, 9.17) is 15.5 Å². The highest BCUT2D eigenvalue weighted by molar-refractivity contribution is 6.08. The molecule has 1 saturated carbocycles. The number of amides is 1. The van der Waals surface area contributed by atoms with Gasteiger partial charge in [0.25, 0.3) is 0 Å².